The Labute approximate surface area is 105 Å². The van der Waals surface area contributed by atoms with Crippen LogP contribution in [0.25, 0.3) is 0 Å². The van der Waals surface area contributed by atoms with Crippen LogP contribution in [0.4, 0.5) is 0 Å². The smallest absolute Gasteiger partial charge is 0.139 e. The van der Waals surface area contributed by atoms with Gasteiger partial charge in [-0.3, -0.25) is 9.59 Å². The minimum absolute atomic E-state index is 0.0214. The molecule has 0 heterocycles. The number of rotatable bonds is 6. The topological polar surface area (TPSA) is 34.1 Å². The van der Waals surface area contributed by atoms with Gasteiger partial charge < -0.3 is 0 Å². The Bertz CT molecular complexity index is 268. The fraction of sp³-hybridized carbons (Fsp3) is 0.867. The Balaban J connectivity index is 2.65. The fourth-order valence-corrected chi connectivity index (χ4v) is 2.82. The van der Waals surface area contributed by atoms with E-state index in [1.165, 1.54) is 0 Å². The molecule has 0 radical (unpaired) electrons. The molecule has 0 N–H and O–H groups in total. The van der Waals surface area contributed by atoms with Crippen LogP contribution in [0.3, 0.4) is 0 Å². The van der Waals surface area contributed by atoms with Crippen LogP contribution in [-0.2, 0) is 9.59 Å². The summed E-state index contributed by atoms with van der Waals surface area (Å²) in [4.78, 5) is 24.3. The Morgan fingerprint density at radius 3 is 2.24 bits per heavy atom. The molecule has 0 aromatic heterocycles. The van der Waals surface area contributed by atoms with Gasteiger partial charge in [0.05, 0.1) is 0 Å². The van der Waals surface area contributed by atoms with E-state index in [-0.39, 0.29) is 17.8 Å². The number of carbonyl (C=O) groups is 2. The summed E-state index contributed by atoms with van der Waals surface area (Å²) in [7, 11) is 0. The summed E-state index contributed by atoms with van der Waals surface area (Å²) in [6.07, 6.45) is 6.79. The molecule has 2 nitrogen and oxygen atoms in total. The maximum atomic E-state index is 12.1. The molecule has 17 heavy (non-hydrogen) atoms. The average molecular weight is 238 g/mol. The third-order valence-electron chi connectivity index (χ3n) is 3.89. The summed E-state index contributed by atoms with van der Waals surface area (Å²) in [6.45, 7) is 6.00. The van der Waals surface area contributed by atoms with Gasteiger partial charge in [-0.25, -0.2) is 0 Å². The molecule has 0 bridgehead atoms. The van der Waals surface area contributed by atoms with Crippen molar-refractivity contribution in [1.29, 1.82) is 0 Å². The first-order valence-corrected chi connectivity index (χ1v) is 7.14. The van der Waals surface area contributed by atoms with Gasteiger partial charge in [-0.2, -0.15) is 0 Å². The molecule has 0 aromatic carbocycles. The number of Topliss-reactive ketones (excluding diaryl/α,β-unsaturated/α-hetero) is 2. The SMILES string of the molecule is CCCCC(=O)[C@@H]1CCCC[C@@H]1C(=O)C(C)C. The second-order valence-electron chi connectivity index (χ2n) is 5.62. The minimum Gasteiger partial charge on any atom is -0.299 e. The molecule has 1 aliphatic rings. The van der Waals surface area contributed by atoms with E-state index in [9.17, 15) is 9.59 Å². The van der Waals surface area contributed by atoms with Crippen molar-refractivity contribution in [1.82, 2.24) is 0 Å². The molecule has 2 atom stereocenters. The zero-order valence-corrected chi connectivity index (χ0v) is 11.5. The average Bonchev–Trinajstić information content (AvgIpc) is 2.34. The zero-order chi connectivity index (χ0) is 12.8. The molecular formula is C15H26O2. The summed E-state index contributed by atoms with van der Waals surface area (Å²) in [6, 6.07) is 0. The highest BCUT2D eigenvalue weighted by molar-refractivity contribution is 5.90. The third-order valence-corrected chi connectivity index (χ3v) is 3.89. The van der Waals surface area contributed by atoms with E-state index < -0.39 is 0 Å². The highest BCUT2D eigenvalue weighted by Gasteiger charge is 2.35. The molecule has 2 heteroatoms. The van der Waals surface area contributed by atoms with Crippen LogP contribution in [0.2, 0.25) is 0 Å². The molecular weight excluding hydrogens is 212 g/mol. The Kier molecular flexibility index (Phi) is 5.87. The molecule has 1 fully saturated rings. The van der Waals surface area contributed by atoms with Crippen molar-refractivity contribution in [3.05, 3.63) is 0 Å². The Morgan fingerprint density at radius 1 is 1.12 bits per heavy atom. The van der Waals surface area contributed by atoms with Gasteiger partial charge in [0.25, 0.3) is 0 Å². The van der Waals surface area contributed by atoms with Gasteiger partial charge in [0.15, 0.2) is 0 Å². The first kappa shape index (κ1) is 14.4. The van der Waals surface area contributed by atoms with Crippen LogP contribution < -0.4 is 0 Å². The van der Waals surface area contributed by atoms with Crippen LogP contribution in [0.5, 0.6) is 0 Å². The predicted octanol–water partition coefficient (Wildman–Crippen LogP) is 3.78. The lowest BCUT2D eigenvalue weighted by Gasteiger charge is -2.30. The van der Waals surface area contributed by atoms with E-state index in [1.807, 2.05) is 13.8 Å². The van der Waals surface area contributed by atoms with Gasteiger partial charge in [0, 0.05) is 24.2 Å². The highest BCUT2D eigenvalue weighted by atomic mass is 16.1. The van der Waals surface area contributed by atoms with Gasteiger partial charge in [-0.15, -0.1) is 0 Å². The van der Waals surface area contributed by atoms with E-state index in [0.29, 0.717) is 18.0 Å². The third kappa shape index (κ3) is 3.93. The van der Waals surface area contributed by atoms with Gasteiger partial charge in [-0.05, 0) is 19.3 Å². The molecule has 1 rings (SSSR count). The van der Waals surface area contributed by atoms with Crippen molar-refractivity contribution in [3.8, 4) is 0 Å². The zero-order valence-electron chi connectivity index (χ0n) is 11.5. The van der Waals surface area contributed by atoms with E-state index in [0.717, 1.165) is 38.5 Å². The van der Waals surface area contributed by atoms with E-state index >= 15 is 0 Å². The van der Waals surface area contributed by atoms with Crippen molar-refractivity contribution in [2.45, 2.75) is 65.7 Å². The van der Waals surface area contributed by atoms with Gasteiger partial charge in [0.1, 0.15) is 11.6 Å². The predicted molar refractivity (Wildman–Crippen MR) is 69.8 cm³/mol. The van der Waals surface area contributed by atoms with Crippen molar-refractivity contribution in [3.63, 3.8) is 0 Å². The molecule has 0 amide bonds. The summed E-state index contributed by atoms with van der Waals surface area (Å²) in [5, 5.41) is 0. The first-order chi connectivity index (χ1) is 8.07. The van der Waals surface area contributed by atoms with E-state index in [1.54, 1.807) is 0 Å². The maximum absolute atomic E-state index is 12.1. The second kappa shape index (κ2) is 6.93. The maximum Gasteiger partial charge on any atom is 0.139 e. The van der Waals surface area contributed by atoms with Crippen molar-refractivity contribution < 1.29 is 9.59 Å². The first-order valence-electron chi connectivity index (χ1n) is 7.14. The van der Waals surface area contributed by atoms with Crippen molar-refractivity contribution in [2.75, 3.05) is 0 Å². The highest BCUT2D eigenvalue weighted by Crippen LogP contribution is 2.34. The summed E-state index contributed by atoms with van der Waals surface area (Å²) in [5.41, 5.74) is 0. The minimum atomic E-state index is 0.0214. The van der Waals surface area contributed by atoms with Crippen molar-refractivity contribution in [2.24, 2.45) is 17.8 Å². The molecule has 0 aromatic rings. The number of hydrogen-bond acceptors (Lipinski definition) is 2. The van der Waals surface area contributed by atoms with E-state index in [4.69, 9.17) is 0 Å². The lowest BCUT2D eigenvalue weighted by Crippen LogP contribution is -2.34. The quantitative estimate of drug-likeness (QED) is 0.705. The molecule has 1 aliphatic carbocycles. The molecule has 98 valence electrons. The summed E-state index contributed by atoms with van der Waals surface area (Å²) >= 11 is 0. The molecule has 0 unspecified atom stereocenters. The molecule has 1 saturated carbocycles. The lowest BCUT2D eigenvalue weighted by atomic mass is 9.72. The Morgan fingerprint density at radius 2 is 1.71 bits per heavy atom. The molecule has 0 spiro atoms. The fourth-order valence-electron chi connectivity index (χ4n) is 2.82. The van der Waals surface area contributed by atoms with Crippen LogP contribution in [0.15, 0.2) is 0 Å². The van der Waals surface area contributed by atoms with Crippen LogP contribution in [0.1, 0.15) is 65.7 Å². The van der Waals surface area contributed by atoms with Crippen molar-refractivity contribution >= 4 is 11.6 Å². The number of hydrogen-bond donors (Lipinski definition) is 0. The lowest BCUT2D eigenvalue weighted by molar-refractivity contribution is -0.136. The molecule has 0 aliphatic heterocycles. The summed E-state index contributed by atoms with van der Waals surface area (Å²) in [5.74, 6) is 0.767. The van der Waals surface area contributed by atoms with Gasteiger partial charge >= 0.3 is 0 Å². The standard InChI is InChI=1S/C15H26O2/c1-4-5-10-14(16)12-8-6-7-9-13(12)15(17)11(2)3/h11-13H,4-10H2,1-3H3/t12-,13+/m1/s1. The van der Waals surface area contributed by atoms with Crippen LogP contribution in [0, 0.1) is 17.8 Å². The number of carbonyl (C=O) groups excluding carboxylic acids is 2. The molecule has 0 saturated heterocycles. The van der Waals surface area contributed by atoms with Crippen LogP contribution in [-0.4, -0.2) is 11.6 Å². The number of unbranched alkanes of at least 4 members (excludes halogenated alkanes) is 1. The van der Waals surface area contributed by atoms with Gasteiger partial charge in [-0.1, -0.05) is 40.0 Å². The number of ketones is 2. The van der Waals surface area contributed by atoms with E-state index in [2.05, 4.69) is 6.92 Å². The second-order valence-corrected chi connectivity index (χ2v) is 5.62. The Hall–Kier alpha value is -0.660. The van der Waals surface area contributed by atoms with Crippen LogP contribution >= 0.6 is 0 Å². The monoisotopic (exact) mass is 238 g/mol. The largest absolute Gasteiger partial charge is 0.299 e. The summed E-state index contributed by atoms with van der Waals surface area (Å²) < 4.78 is 0. The van der Waals surface area contributed by atoms with Gasteiger partial charge in [0.2, 0.25) is 0 Å². The normalized spacial score (nSPS) is 24.9.